The molecule has 34 heavy (non-hydrogen) atoms. The second-order valence-electron chi connectivity index (χ2n) is 8.21. The average molecular weight is 481 g/mol. The van der Waals surface area contributed by atoms with Crippen molar-refractivity contribution in [2.75, 3.05) is 37.5 Å². The zero-order valence-electron chi connectivity index (χ0n) is 19.4. The zero-order valence-corrected chi connectivity index (χ0v) is 20.2. The van der Waals surface area contributed by atoms with E-state index in [0.717, 1.165) is 24.1 Å². The molecule has 0 aliphatic carbocycles. The molecule has 1 aliphatic heterocycles. The quantitative estimate of drug-likeness (QED) is 0.412. The zero-order chi connectivity index (χ0) is 24.4. The van der Waals surface area contributed by atoms with E-state index < -0.39 is 5.97 Å². The number of pyridine rings is 1. The lowest BCUT2D eigenvalue weighted by Gasteiger charge is -2.22. The molecule has 0 saturated carbocycles. The number of ether oxygens (including phenoxy) is 2. The van der Waals surface area contributed by atoms with E-state index in [4.69, 9.17) is 26.1 Å². The number of nitriles is 1. The molecule has 3 aromatic rings. The highest BCUT2D eigenvalue weighted by molar-refractivity contribution is 6.29. The smallest absolute Gasteiger partial charge is 0.358 e. The molecule has 10 heteroatoms. The van der Waals surface area contributed by atoms with Gasteiger partial charge in [-0.15, -0.1) is 0 Å². The normalized spacial score (nSPS) is 16.4. The number of rotatable bonds is 6. The van der Waals surface area contributed by atoms with E-state index in [1.54, 1.807) is 19.2 Å². The van der Waals surface area contributed by atoms with Gasteiger partial charge in [0.25, 0.3) is 0 Å². The number of anilines is 2. The summed E-state index contributed by atoms with van der Waals surface area (Å²) in [4.78, 5) is 27.9. The van der Waals surface area contributed by atoms with Crippen LogP contribution in [0.3, 0.4) is 0 Å². The number of fused-ring (bicyclic) bond motifs is 1. The molecule has 9 nitrogen and oxygen atoms in total. The molecule has 1 aromatic carbocycles. The van der Waals surface area contributed by atoms with Crippen LogP contribution >= 0.6 is 11.6 Å². The summed E-state index contributed by atoms with van der Waals surface area (Å²) in [6, 6.07) is 9.15. The minimum absolute atomic E-state index is 0.0938. The summed E-state index contributed by atoms with van der Waals surface area (Å²) in [7, 11) is 2.98. The Bertz CT molecular complexity index is 1290. The van der Waals surface area contributed by atoms with Crippen molar-refractivity contribution in [3.63, 3.8) is 0 Å². The lowest BCUT2D eigenvalue weighted by atomic mass is 10.0. The summed E-state index contributed by atoms with van der Waals surface area (Å²) in [5, 5.41) is 13.3. The molecule has 0 amide bonds. The number of nitrogens with one attached hydrogen (secondary N) is 1. The maximum atomic E-state index is 12.2. The Labute approximate surface area is 202 Å². The second kappa shape index (κ2) is 9.79. The van der Waals surface area contributed by atoms with Crippen LogP contribution in [0, 0.1) is 18.3 Å². The van der Waals surface area contributed by atoms with Crippen LogP contribution in [0.5, 0.6) is 0 Å². The van der Waals surface area contributed by atoms with Crippen LogP contribution in [0.25, 0.3) is 11.0 Å². The van der Waals surface area contributed by atoms with Gasteiger partial charge in [0, 0.05) is 25.8 Å². The first-order valence-electron chi connectivity index (χ1n) is 10.9. The molecule has 3 heterocycles. The standard InChI is InChI=1S/C24H25ClN6O3/c1-13-9-16(14(2)27-17-5-6-20(25)29-22(17)24(32)34-4)21-18(10-13)28-19(11-26)23(30-21)31-8-7-15(12-31)33-3/h5-6,9-10,14-15,27H,7-8,12H2,1-4H3/t14-,15?/m1/s1. The molecule has 1 unspecified atom stereocenters. The number of benzene rings is 1. The molecule has 4 rings (SSSR count). The van der Waals surface area contributed by atoms with Gasteiger partial charge in [0.15, 0.2) is 17.2 Å². The largest absolute Gasteiger partial charge is 0.464 e. The number of aryl methyl sites for hydroxylation is 1. The predicted octanol–water partition coefficient (Wildman–Crippen LogP) is 4.04. The molecule has 0 spiro atoms. The van der Waals surface area contributed by atoms with Gasteiger partial charge in [0.05, 0.1) is 36.0 Å². The third-order valence-corrected chi connectivity index (χ3v) is 6.10. The van der Waals surface area contributed by atoms with E-state index in [9.17, 15) is 10.1 Å². The first kappa shape index (κ1) is 23.7. The summed E-state index contributed by atoms with van der Waals surface area (Å²) >= 11 is 5.99. The summed E-state index contributed by atoms with van der Waals surface area (Å²) in [5.74, 6) is -0.0379. The molecular formula is C24H25ClN6O3. The van der Waals surface area contributed by atoms with Crippen molar-refractivity contribution in [1.29, 1.82) is 5.26 Å². The number of aromatic nitrogens is 3. The van der Waals surface area contributed by atoms with Crippen LogP contribution in [-0.2, 0) is 9.47 Å². The summed E-state index contributed by atoms with van der Waals surface area (Å²) < 4.78 is 10.3. The van der Waals surface area contributed by atoms with Crippen LogP contribution in [0.4, 0.5) is 11.5 Å². The van der Waals surface area contributed by atoms with E-state index in [1.807, 2.05) is 30.9 Å². The fourth-order valence-corrected chi connectivity index (χ4v) is 4.32. The van der Waals surface area contributed by atoms with Gasteiger partial charge in [-0.05, 0) is 44.0 Å². The highest BCUT2D eigenvalue weighted by Gasteiger charge is 2.27. The number of hydrogen-bond acceptors (Lipinski definition) is 9. The molecule has 2 aromatic heterocycles. The van der Waals surface area contributed by atoms with E-state index in [0.29, 0.717) is 29.1 Å². The molecule has 1 aliphatic rings. The van der Waals surface area contributed by atoms with Crippen molar-refractivity contribution in [2.24, 2.45) is 0 Å². The van der Waals surface area contributed by atoms with Crippen molar-refractivity contribution in [3.05, 3.63) is 51.9 Å². The molecule has 1 saturated heterocycles. The third kappa shape index (κ3) is 4.60. The fourth-order valence-electron chi connectivity index (χ4n) is 4.18. The first-order valence-corrected chi connectivity index (χ1v) is 11.2. The maximum absolute atomic E-state index is 12.2. The molecule has 176 valence electrons. The van der Waals surface area contributed by atoms with E-state index in [1.165, 1.54) is 7.11 Å². The van der Waals surface area contributed by atoms with Gasteiger partial charge in [-0.1, -0.05) is 17.7 Å². The van der Waals surface area contributed by atoms with E-state index >= 15 is 0 Å². The number of esters is 1. The number of carbonyl (C=O) groups excluding carboxylic acids is 1. The highest BCUT2D eigenvalue weighted by atomic mass is 35.5. The Morgan fingerprint density at radius 3 is 2.76 bits per heavy atom. The van der Waals surface area contributed by atoms with Crippen LogP contribution in [-0.4, -0.2) is 54.3 Å². The number of methoxy groups -OCH3 is 2. The van der Waals surface area contributed by atoms with Crippen LogP contribution < -0.4 is 10.2 Å². The van der Waals surface area contributed by atoms with Crippen molar-refractivity contribution in [3.8, 4) is 6.07 Å². The SMILES string of the molecule is COC(=O)c1nc(Cl)ccc1N[C@H](C)c1cc(C)cc2nc(C#N)c(N3CCC(OC)C3)nc12. The Balaban J connectivity index is 1.78. The second-order valence-corrected chi connectivity index (χ2v) is 8.60. The fraction of sp³-hybridized carbons (Fsp3) is 0.375. The van der Waals surface area contributed by atoms with Crippen molar-refractivity contribution < 1.29 is 14.3 Å². The van der Waals surface area contributed by atoms with Gasteiger partial charge in [-0.25, -0.2) is 19.7 Å². The third-order valence-electron chi connectivity index (χ3n) is 5.89. The molecule has 1 fully saturated rings. The Morgan fingerprint density at radius 1 is 1.29 bits per heavy atom. The summed E-state index contributed by atoms with van der Waals surface area (Å²) in [6.45, 7) is 5.31. The van der Waals surface area contributed by atoms with Gasteiger partial charge >= 0.3 is 5.97 Å². The Hall–Kier alpha value is -3.48. The van der Waals surface area contributed by atoms with Crippen molar-refractivity contribution >= 4 is 40.1 Å². The van der Waals surface area contributed by atoms with Gasteiger partial charge < -0.3 is 19.7 Å². The predicted molar refractivity (Wildman–Crippen MR) is 129 cm³/mol. The van der Waals surface area contributed by atoms with Gasteiger partial charge in [0.1, 0.15) is 11.2 Å². The number of nitrogens with zero attached hydrogens (tertiary/aromatic N) is 5. The molecule has 0 bridgehead atoms. The van der Waals surface area contributed by atoms with Gasteiger partial charge in [0.2, 0.25) is 0 Å². The molecule has 0 radical (unpaired) electrons. The first-order chi connectivity index (χ1) is 16.3. The lowest BCUT2D eigenvalue weighted by Crippen LogP contribution is -2.24. The van der Waals surface area contributed by atoms with E-state index in [-0.39, 0.29) is 28.7 Å². The minimum atomic E-state index is -0.589. The average Bonchev–Trinajstić information content (AvgIpc) is 3.32. The summed E-state index contributed by atoms with van der Waals surface area (Å²) in [5.41, 5.74) is 4.04. The monoisotopic (exact) mass is 480 g/mol. The minimum Gasteiger partial charge on any atom is -0.464 e. The van der Waals surface area contributed by atoms with Gasteiger partial charge in [-0.3, -0.25) is 0 Å². The van der Waals surface area contributed by atoms with Crippen molar-refractivity contribution in [2.45, 2.75) is 32.4 Å². The molecule has 2 atom stereocenters. The van der Waals surface area contributed by atoms with Crippen LogP contribution in [0.1, 0.15) is 46.7 Å². The topological polar surface area (TPSA) is 113 Å². The lowest BCUT2D eigenvalue weighted by molar-refractivity contribution is 0.0595. The van der Waals surface area contributed by atoms with Crippen LogP contribution in [0.15, 0.2) is 24.3 Å². The number of hydrogen-bond donors (Lipinski definition) is 1. The molecule has 1 N–H and O–H groups in total. The number of carbonyl (C=O) groups is 1. The van der Waals surface area contributed by atoms with Crippen molar-refractivity contribution in [1.82, 2.24) is 15.0 Å². The number of halogens is 1. The maximum Gasteiger partial charge on any atom is 0.358 e. The Kier molecular flexibility index (Phi) is 6.82. The van der Waals surface area contributed by atoms with Gasteiger partial charge in [-0.2, -0.15) is 5.26 Å². The van der Waals surface area contributed by atoms with E-state index in [2.05, 4.69) is 21.4 Å². The van der Waals surface area contributed by atoms with Crippen LogP contribution in [0.2, 0.25) is 5.15 Å². The molecular weight excluding hydrogens is 456 g/mol. The Morgan fingerprint density at radius 2 is 2.09 bits per heavy atom. The summed E-state index contributed by atoms with van der Waals surface area (Å²) in [6.07, 6.45) is 0.955. The highest BCUT2D eigenvalue weighted by Crippen LogP contribution is 2.31.